The number of rotatable bonds is 4. The lowest BCUT2D eigenvalue weighted by atomic mass is 10.1. The molecule has 1 saturated heterocycles. The minimum Gasteiger partial charge on any atom is -0.455 e. The number of ether oxygens (including phenoxy) is 1. The maximum absolute atomic E-state index is 13.1. The predicted octanol–water partition coefficient (Wildman–Crippen LogP) is 3.61. The van der Waals surface area contributed by atoms with Crippen LogP contribution in [0.25, 0.3) is 15.6 Å². The van der Waals surface area contributed by atoms with Gasteiger partial charge in [0.2, 0.25) is 0 Å². The van der Waals surface area contributed by atoms with Crippen molar-refractivity contribution in [1.29, 1.82) is 0 Å². The van der Waals surface area contributed by atoms with Crippen LogP contribution in [0.2, 0.25) is 0 Å². The van der Waals surface area contributed by atoms with Crippen molar-refractivity contribution >= 4 is 38.8 Å². The Bertz CT molecular complexity index is 1400. The highest BCUT2D eigenvalue weighted by Crippen LogP contribution is 2.35. The predicted molar refractivity (Wildman–Crippen MR) is 126 cm³/mol. The molecule has 170 valence electrons. The van der Waals surface area contributed by atoms with Crippen molar-refractivity contribution in [3.63, 3.8) is 0 Å². The summed E-state index contributed by atoms with van der Waals surface area (Å²) in [5, 5.41) is 20.0. The van der Waals surface area contributed by atoms with Crippen molar-refractivity contribution in [3.05, 3.63) is 58.7 Å². The van der Waals surface area contributed by atoms with E-state index < -0.39 is 5.60 Å². The van der Waals surface area contributed by atoms with Crippen molar-refractivity contribution < 1.29 is 19.4 Å². The van der Waals surface area contributed by atoms with E-state index in [-0.39, 0.29) is 11.8 Å². The number of carbonyl (C=O) groups excluding carboxylic acids is 2. The maximum atomic E-state index is 13.1. The van der Waals surface area contributed by atoms with Crippen LogP contribution in [0.15, 0.2) is 42.0 Å². The van der Waals surface area contributed by atoms with E-state index >= 15 is 0 Å². The molecule has 9 heteroatoms. The van der Waals surface area contributed by atoms with Gasteiger partial charge in [0.25, 0.3) is 11.8 Å². The Morgan fingerprint density at radius 3 is 2.82 bits per heavy atom. The molecule has 1 aliphatic heterocycles. The van der Waals surface area contributed by atoms with E-state index in [0.29, 0.717) is 47.7 Å². The van der Waals surface area contributed by atoms with Gasteiger partial charge in [0.15, 0.2) is 5.75 Å². The summed E-state index contributed by atoms with van der Waals surface area (Å²) in [5.74, 6) is 0.970. The van der Waals surface area contributed by atoms with Gasteiger partial charge in [-0.2, -0.15) is 5.10 Å². The molecule has 8 nitrogen and oxygen atoms in total. The SMILES string of the molecule is CNC(=O)c1csc2cc(Oc3ccnn4cc(C(=O)N5CC[C@@](C)(O)C5)c(C)c34)ccc12. The van der Waals surface area contributed by atoms with Gasteiger partial charge in [0.05, 0.1) is 22.9 Å². The molecule has 0 radical (unpaired) electrons. The normalized spacial score (nSPS) is 18.2. The molecule has 1 aliphatic rings. The molecule has 0 unspecified atom stereocenters. The lowest BCUT2D eigenvalue weighted by molar-refractivity contribution is 0.0572. The molecule has 0 bridgehead atoms. The molecule has 3 aromatic heterocycles. The summed E-state index contributed by atoms with van der Waals surface area (Å²) >= 11 is 1.48. The Hall–Kier alpha value is -3.43. The molecule has 4 heterocycles. The minimum absolute atomic E-state index is 0.119. The van der Waals surface area contributed by atoms with Gasteiger partial charge in [-0.25, -0.2) is 4.52 Å². The van der Waals surface area contributed by atoms with Crippen LogP contribution in [-0.2, 0) is 0 Å². The number of amides is 2. The number of fused-ring (bicyclic) bond motifs is 2. The van der Waals surface area contributed by atoms with Crippen LogP contribution in [0, 0.1) is 6.92 Å². The zero-order valence-electron chi connectivity index (χ0n) is 18.6. The molecule has 33 heavy (non-hydrogen) atoms. The lowest BCUT2D eigenvalue weighted by Crippen LogP contribution is -2.34. The number of likely N-dealkylation sites (tertiary alicyclic amines) is 1. The Labute approximate surface area is 194 Å². The van der Waals surface area contributed by atoms with Gasteiger partial charge in [-0.3, -0.25) is 9.59 Å². The number of aryl methyl sites for hydroxylation is 1. The van der Waals surface area contributed by atoms with E-state index in [9.17, 15) is 14.7 Å². The average molecular weight is 465 g/mol. The van der Waals surface area contributed by atoms with Crippen LogP contribution in [0.3, 0.4) is 0 Å². The molecule has 0 spiro atoms. The number of aliphatic hydroxyl groups is 1. The number of β-amino-alcohol motifs (C(OH)–C–C–N with tert-alkyl or cyclic N) is 1. The number of hydrogen-bond acceptors (Lipinski definition) is 6. The number of aromatic nitrogens is 2. The first-order valence-electron chi connectivity index (χ1n) is 10.7. The summed E-state index contributed by atoms with van der Waals surface area (Å²) in [7, 11) is 1.61. The third-order valence-electron chi connectivity index (χ3n) is 6.11. The maximum Gasteiger partial charge on any atom is 0.255 e. The third-order valence-corrected chi connectivity index (χ3v) is 7.05. The first-order valence-corrected chi connectivity index (χ1v) is 11.6. The minimum atomic E-state index is -0.854. The number of nitrogens with zero attached hydrogens (tertiary/aromatic N) is 3. The molecular weight excluding hydrogens is 440 g/mol. The summed E-state index contributed by atoms with van der Waals surface area (Å²) in [6.45, 7) is 4.46. The summed E-state index contributed by atoms with van der Waals surface area (Å²) < 4.78 is 8.81. The molecule has 2 amide bonds. The summed E-state index contributed by atoms with van der Waals surface area (Å²) in [4.78, 5) is 26.8. The quantitative estimate of drug-likeness (QED) is 0.481. The van der Waals surface area contributed by atoms with Crippen molar-refractivity contribution in [1.82, 2.24) is 19.8 Å². The fourth-order valence-electron chi connectivity index (χ4n) is 4.32. The van der Waals surface area contributed by atoms with E-state index in [1.165, 1.54) is 11.3 Å². The van der Waals surface area contributed by atoms with Crippen LogP contribution >= 0.6 is 11.3 Å². The standard InChI is InChI=1S/C24H24N4O4S/c1-14-17(23(30)27-9-7-24(2,31)13-27)11-28-21(14)19(6-8-26-28)32-15-4-5-16-18(22(29)25-3)12-33-20(16)10-15/h4-6,8,10-12,31H,7,9,13H2,1-3H3,(H,25,29)/t24-/m1/s1. The van der Waals surface area contributed by atoms with Crippen LogP contribution < -0.4 is 10.1 Å². The van der Waals surface area contributed by atoms with Crippen molar-refractivity contribution in [2.45, 2.75) is 25.9 Å². The number of hydrogen-bond donors (Lipinski definition) is 2. The zero-order valence-corrected chi connectivity index (χ0v) is 19.4. The first-order chi connectivity index (χ1) is 15.8. The molecule has 0 aliphatic carbocycles. The van der Waals surface area contributed by atoms with Gasteiger partial charge in [-0.15, -0.1) is 11.3 Å². The van der Waals surface area contributed by atoms with Crippen molar-refractivity contribution in [2.24, 2.45) is 0 Å². The average Bonchev–Trinajstić information content (AvgIpc) is 3.48. The molecule has 1 atom stereocenters. The van der Waals surface area contributed by atoms with Gasteiger partial charge in [0, 0.05) is 47.9 Å². The van der Waals surface area contributed by atoms with E-state index in [0.717, 1.165) is 15.6 Å². The molecular formula is C24H24N4O4S. The largest absolute Gasteiger partial charge is 0.455 e. The summed E-state index contributed by atoms with van der Waals surface area (Å²) in [5.41, 5.74) is 1.81. The molecule has 5 rings (SSSR count). The third kappa shape index (κ3) is 3.73. The van der Waals surface area contributed by atoms with Crippen LogP contribution in [0.5, 0.6) is 11.5 Å². The van der Waals surface area contributed by atoms with Gasteiger partial charge >= 0.3 is 0 Å². The highest BCUT2D eigenvalue weighted by Gasteiger charge is 2.35. The molecule has 1 fully saturated rings. The Kier molecular flexibility index (Phi) is 5.10. The highest BCUT2D eigenvalue weighted by atomic mass is 32.1. The van der Waals surface area contributed by atoms with Crippen LogP contribution in [0.4, 0.5) is 0 Å². The van der Waals surface area contributed by atoms with E-state index in [2.05, 4.69) is 10.4 Å². The fraction of sp³-hybridized carbons (Fsp3) is 0.292. The van der Waals surface area contributed by atoms with Gasteiger partial charge in [-0.1, -0.05) is 0 Å². The second kappa shape index (κ2) is 7.86. The summed E-state index contributed by atoms with van der Waals surface area (Å²) in [6.07, 6.45) is 3.90. The molecule has 0 saturated carbocycles. The molecule has 1 aromatic carbocycles. The van der Waals surface area contributed by atoms with Crippen molar-refractivity contribution in [2.75, 3.05) is 20.1 Å². The fourth-order valence-corrected chi connectivity index (χ4v) is 5.29. The van der Waals surface area contributed by atoms with Crippen LogP contribution in [-0.4, -0.2) is 57.2 Å². The first kappa shape index (κ1) is 21.4. The van der Waals surface area contributed by atoms with Crippen molar-refractivity contribution in [3.8, 4) is 11.5 Å². The zero-order chi connectivity index (χ0) is 23.3. The Morgan fingerprint density at radius 2 is 2.09 bits per heavy atom. The van der Waals surface area contributed by atoms with Crippen LogP contribution in [0.1, 0.15) is 39.6 Å². The highest BCUT2D eigenvalue weighted by molar-refractivity contribution is 7.17. The lowest BCUT2D eigenvalue weighted by Gasteiger charge is -2.18. The Balaban J connectivity index is 1.48. The number of nitrogens with one attached hydrogen (secondary N) is 1. The molecule has 4 aromatic rings. The van der Waals surface area contributed by atoms with E-state index in [4.69, 9.17) is 4.74 Å². The monoisotopic (exact) mass is 464 g/mol. The Morgan fingerprint density at radius 1 is 1.27 bits per heavy atom. The summed E-state index contributed by atoms with van der Waals surface area (Å²) in [6, 6.07) is 7.38. The topological polar surface area (TPSA) is 96.2 Å². The van der Waals surface area contributed by atoms with Gasteiger partial charge < -0.3 is 20.1 Å². The number of thiophene rings is 1. The second-order valence-electron chi connectivity index (χ2n) is 8.62. The van der Waals surface area contributed by atoms with E-state index in [1.807, 2.05) is 30.5 Å². The van der Waals surface area contributed by atoms with E-state index in [1.54, 1.807) is 41.8 Å². The van der Waals surface area contributed by atoms with Gasteiger partial charge in [0.1, 0.15) is 11.3 Å². The molecule has 2 N–H and O–H groups in total. The van der Waals surface area contributed by atoms with Gasteiger partial charge in [-0.05, 0) is 44.0 Å². The number of carbonyl (C=O) groups is 2. The smallest absolute Gasteiger partial charge is 0.255 e. The number of benzene rings is 1. The second-order valence-corrected chi connectivity index (χ2v) is 9.53.